The smallest absolute Gasteiger partial charge is 0.134 e. The zero-order valence-corrected chi connectivity index (χ0v) is 12.5. The summed E-state index contributed by atoms with van der Waals surface area (Å²) in [6.07, 6.45) is 6.20. The van der Waals surface area contributed by atoms with E-state index in [1.54, 1.807) is 6.20 Å². The molecule has 3 rings (SSSR count). The average molecular weight is 283 g/mol. The molecule has 2 aromatic rings. The highest BCUT2D eigenvalue weighted by atomic mass is 16.5. The summed E-state index contributed by atoms with van der Waals surface area (Å²) >= 11 is 0. The lowest BCUT2D eigenvalue weighted by Crippen LogP contribution is -2.15. The fourth-order valence-electron chi connectivity index (χ4n) is 2.14. The van der Waals surface area contributed by atoms with E-state index in [2.05, 4.69) is 21.3 Å². The third-order valence-corrected chi connectivity index (χ3v) is 3.58. The number of rotatable bonds is 6. The molecule has 0 saturated heterocycles. The lowest BCUT2D eigenvalue weighted by atomic mass is 10.2. The van der Waals surface area contributed by atoms with Crippen LogP contribution in [0.25, 0.3) is 0 Å². The Morgan fingerprint density at radius 3 is 2.90 bits per heavy atom. The molecule has 1 aliphatic rings. The summed E-state index contributed by atoms with van der Waals surface area (Å²) in [5.74, 6) is 1.72. The van der Waals surface area contributed by atoms with Crippen molar-refractivity contribution in [1.29, 1.82) is 0 Å². The van der Waals surface area contributed by atoms with Crippen molar-refractivity contribution < 1.29 is 4.74 Å². The molecular formula is C17H21N3O. The fraction of sp³-hybridized carbons (Fsp3) is 0.353. The Labute approximate surface area is 125 Å². The van der Waals surface area contributed by atoms with Gasteiger partial charge in [-0.15, -0.1) is 0 Å². The van der Waals surface area contributed by atoms with Crippen molar-refractivity contribution >= 4 is 5.69 Å². The maximum Gasteiger partial charge on any atom is 0.134 e. The van der Waals surface area contributed by atoms with Gasteiger partial charge in [0, 0.05) is 56.4 Å². The molecule has 1 aromatic carbocycles. The minimum absolute atomic E-state index is 0.676. The molecule has 0 atom stereocenters. The van der Waals surface area contributed by atoms with Crippen molar-refractivity contribution in [3.63, 3.8) is 0 Å². The Balaban J connectivity index is 1.75. The maximum atomic E-state index is 6.05. The van der Waals surface area contributed by atoms with Crippen molar-refractivity contribution in [3.05, 3.63) is 48.3 Å². The minimum Gasteiger partial charge on any atom is -0.457 e. The molecular weight excluding hydrogens is 262 g/mol. The molecule has 4 nitrogen and oxygen atoms in total. The minimum atomic E-state index is 0.676. The van der Waals surface area contributed by atoms with Crippen molar-refractivity contribution in [2.24, 2.45) is 0 Å². The zero-order chi connectivity index (χ0) is 14.7. The van der Waals surface area contributed by atoms with Crippen LogP contribution < -0.4 is 15.0 Å². The molecule has 1 heterocycles. The van der Waals surface area contributed by atoms with E-state index in [-0.39, 0.29) is 0 Å². The van der Waals surface area contributed by atoms with Gasteiger partial charge in [0.05, 0.1) is 0 Å². The highest BCUT2D eigenvalue weighted by Crippen LogP contribution is 2.28. The Bertz CT molecular complexity index is 608. The number of pyridine rings is 1. The summed E-state index contributed by atoms with van der Waals surface area (Å²) in [6.45, 7) is 0.807. The van der Waals surface area contributed by atoms with E-state index < -0.39 is 0 Å². The molecule has 0 radical (unpaired) electrons. The number of nitrogens with zero attached hydrogens (tertiary/aromatic N) is 2. The van der Waals surface area contributed by atoms with Crippen LogP contribution in [0.2, 0.25) is 0 Å². The van der Waals surface area contributed by atoms with Crippen LogP contribution in [0.5, 0.6) is 11.5 Å². The van der Waals surface area contributed by atoms with Gasteiger partial charge in [0.25, 0.3) is 0 Å². The van der Waals surface area contributed by atoms with Crippen LogP contribution in [0.15, 0.2) is 42.7 Å². The quantitative estimate of drug-likeness (QED) is 0.883. The Morgan fingerprint density at radius 1 is 1.29 bits per heavy atom. The van der Waals surface area contributed by atoms with Gasteiger partial charge in [-0.2, -0.15) is 0 Å². The third kappa shape index (κ3) is 3.73. The first kappa shape index (κ1) is 13.9. The fourth-order valence-corrected chi connectivity index (χ4v) is 2.14. The number of ether oxygens (including phenoxy) is 1. The predicted molar refractivity (Wildman–Crippen MR) is 84.9 cm³/mol. The molecule has 110 valence electrons. The maximum absolute atomic E-state index is 6.05. The van der Waals surface area contributed by atoms with Crippen LogP contribution in [0.3, 0.4) is 0 Å². The normalized spacial score (nSPS) is 14.0. The van der Waals surface area contributed by atoms with Gasteiger partial charge in [-0.3, -0.25) is 4.98 Å². The zero-order valence-electron chi connectivity index (χ0n) is 12.5. The van der Waals surface area contributed by atoms with E-state index >= 15 is 0 Å². The van der Waals surface area contributed by atoms with Crippen molar-refractivity contribution in [1.82, 2.24) is 10.3 Å². The van der Waals surface area contributed by atoms with Gasteiger partial charge < -0.3 is 15.0 Å². The van der Waals surface area contributed by atoms with Crippen LogP contribution in [-0.2, 0) is 6.54 Å². The van der Waals surface area contributed by atoms with Gasteiger partial charge >= 0.3 is 0 Å². The lowest BCUT2D eigenvalue weighted by Gasteiger charge is -2.15. The number of aromatic nitrogens is 1. The molecule has 1 fully saturated rings. The molecule has 1 saturated carbocycles. The summed E-state index contributed by atoms with van der Waals surface area (Å²) in [5, 5.41) is 3.50. The van der Waals surface area contributed by atoms with Gasteiger partial charge in [-0.05, 0) is 31.0 Å². The Kier molecular flexibility index (Phi) is 4.06. The second-order valence-electron chi connectivity index (χ2n) is 5.63. The average Bonchev–Trinajstić information content (AvgIpc) is 3.31. The second-order valence-corrected chi connectivity index (χ2v) is 5.63. The first-order valence-electron chi connectivity index (χ1n) is 7.34. The highest BCUT2D eigenvalue weighted by Gasteiger charge is 2.20. The molecule has 0 bridgehead atoms. The standard InChI is InChI=1S/C17H21N3O/c1-20(2)15-4-3-5-16(10-15)21-17-8-9-18-11-13(17)12-19-14-6-7-14/h3-5,8-11,14,19H,6-7,12H2,1-2H3. The van der Waals surface area contributed by atoms with Crippen LogP contribution in [0.4, 0.5) is 5.69 Å². The van der Waals surface area contributed by atoms with Gasteiger partial charge in [0.1, 0.15) is 11.5 Å². The van der Waals surface area contributed by atoms with Crippen LogP contribution in [-0.4, -0.2) is 25.1 Å². The van der Waals surface area contributed by atoms with Gasteiger partial charge in [0.2, 0.25) is 0 Å². The molecule has 1 aliphatic carbocycles. The van der Waals surface area contributed by atoms with E-state index in [9.17, 15) is 0 Å². The van der Waals surface area contributed by atoms with E-state index in [0.717, 1.165) is 29.3 Å². The van der Waals surface area contributed by atoms with Crippen molar-refractivity contribution in [3.8, 4) is 11.5 Å². The van der Waals surface area contributed by atoms with Crippen molar-refractivity contribution in [2.45, 2.75) is 25.4 Å². The van der Waals surface area contributed by atoms with E-state index in [4.69, 9.17) is 4.74 Å². The Hall–Kier alpha value is -2.07. The largest absolute Gasteiger partial charge is 0.457 e. The summed E-state index contributed by atoms with van der Waals surface area (Å²) in [4.78, 5) is 6.27. The van der Waals surface area contributed by atoms with Crippen LogP contribution in [0.1, 0.15) is 18.4 Å². The van der Waals surface area contributed by atoms with Gasteiger partial charge in [-0.1, -0.05) is 6.07 Å². The monoisotopic (exact) mass is 283 g/mol. The molecule has 4 heteroatoms. The summed E-state index contributed by atoms with van der Waals surface area (Å²) in [7, 11) is 4.05. The SMILES string of the molecule is CN(C)c1cccc(Oc2ccncc2CNC2CC2)c1. The first-order chi connectivity index (χ1) is 10.2. The first-order valence-corrected chi connectivity index (χ1v) is 7.34. The number of anilines is 1. The van der Waals surface area contributed by atoms with Crippen LogP contribution in [0, 0.1) is 0 Å². The molecule has 1 aromatic heterocycles. The Morgan fingerprint density at radius 2 is 2.14 bits per heavy atom. The van der Waals surface area contributed by atoms with E-state index in [0.29, 0.717) is 6.04 Å². The van der Waals surface area contributed by atoms with Crippen LogP contribution >= 0.6 is 0 Å². The van der Waals surface area contributed by atoms with E-state index in [1.807, 2.05) is 44.6 Å². The number of hydrogen-bond donors (Lipinski definition) is 1. The number of benzene rings is 1. The van der Waals surface area contributed by atoms with Crippen molar-refractivity contribution in [2.75, 3.05) is 19.0 Å². The molecule has 0 aliphatic heterocycles. The molecule has 1 N–H and O–H groups in total. The van der Waals surface area contributed by atoms with Gasteiger partial charge in [-0.25, -0.2) is 0 Å². The lowest BCUT2D eigenvalue weighted by molar-refractivity contribution is 0.471. The highest BCUT2D eigenvalue weighted by molar-refractivity contribution is 5.50. The summed E-state index contributed by atoms with van der Waals surface area (Å²) in [5.41, 5.74) is 2.22. The topological polar surface area (TPSA) is 37.4 Å². The molecule has 21 heavy (non-hydrogen) atoms. The van der Waals surface area contributed by atoms with Gasteiger partial charge in [0.15, 0.2) is 0 Å². The second kappa shape index (κ2) is 6.14. The number of hydrogen-bond acceptors (Lipinski definition) is 4. The number of nitrogens with one attached hydrogen (secondary N) is 1. The molecule has 0 amide bonds. The summed E-state index contributed by atoms with van der Waals surface area (Å²) < 4.78 is 6.05. The molecule has 0 spiro atoms. The third-order valence-electron chi connectivity index (χ3n) is 3.58. The summed E-state index contributed by atoms with van der Waals surface area (Å²) in [6, 6.07) is 10.7. The van der Waals surface area contributed by atoms with E-state index in [1.165, 1.54) is 12.8 Å². The molecule has 0 unspecified atom stereocenters. The predicted octanol–water partition coefficient (Wildman–Crippen LogP) is 3.19.